The van der Waals surface area contributed by atoms with Gasteiger partial charge in [-0.25, -0.2) is 0 Å². The van der Waals surface area contributed by atoms with Gasteiger partial charge in [0.25, 0.3) is 0 Å². The van der Waals surface area contributed by atoms with Crippen molar-refractivity contribution in [2.45, 2.75) is 19.9 Å². The van der Waals surface area contributed by atoms with Crippen LogP contribution in [0.3, 0.4) is 0 Å². The lowest BCUT2D eigenvalue weighted by molar-refractivity contribution is 0.607. The largest absolute Gasteiger partial charge is 0.315 e. The molecule has 0 aliphatic heterocycles. The highest BCUT2D eigenvalue weighted by molar-refractivity contribution is 9.10. The molecule has 0 saturated heterocycles. The maximum atomic E-state index is 6.11. The van der Waals surface area contributed by atoms with Crippen molar-refractivity contribution < 1.29 is 0 Å². The molecule has 4 heteroatoms. The molecule has 1 aromatic rings. The van der Waals surface area contributed by atoms with E-state index in [9.17, 15) is 0 Å². The number of benzene rings is 1. The van der Waals surface area contributed by atoms with Gasteiger partial charge in [-0.1, -0.05) is 40.5 Å². The molecule has 0 atom stereocenters. The first-order valence-electron chi connectivity index (χ1n) is 5.59. The molecule has 0 aliphatic carbocycles. The third kappa shape index (κ3) is 5.30. The first kappa shape index (κ1) is 14.0. The van der Waals surface area contributed by atoms with Crippen LogP contribution in [0.1, 0.15) is 18.9 Å². The van der Waals surface area contributed by atoms with E-state index in [-0.39, 0.29) is 0 Å². The van der Waals surface area contributed by atoms with Gasteiger partial charge >= 0.3 is 0 Å². The lowest BCUT2D eigenvalue weighted by Crippen LogP contribution is -2.27. The van der Waals surface area contributed by atoms with Gasteiger partial charge in [-0.15, -0.1) is 0 Å². The fraction of sp³-hybridized carbons (Fsp3) is 0.500. The Morgan fingerprint density at radius 3 is 2.62 bits per heavy atom. The molecule has 0 aromatic heterocycles. The van der Waals surface area contributed by atoms with Gasteiger partial charge in [0.05, 0.1) is 0 Å². The fourth-order valence-corrected chi connectivity index (χ4v) is 2.11. The molecule has 0 saturated carbocycles. The molecular weight excluding hydrogens is 288 g/mol. The predicted octanol–water partition coefficient (Wildman–Crippen LogP) is 3.19. The van der Waals surface area contributed by atoms with E-state index < -0.39 is 0 Å². The summed E-state index contributed by atoms with van der Waals surface area (Å²) in [7, 11) is 0. The van der Waals surface area contributed by atoms with Gasteiger partial charge < -0.3 is 10.6 Å². The lowest BCUT2D eigenvalue weighted by atomic mass is 10.2. The monoisotopic (exact) mass is 304 g/mol. The van der Waals surface area contributed by atoms with E-state index in [1.807, 2.05) is 18.2 Å². The van der Waals surface area contributed by atoms with Crippen LogP contribution in [0.25, 0.3) is 0 Å². The average molecular weight is 306 g/mol. The summed E-state index contributed by atoms with van der Waals surface area (Å²) < 4.78 is 1.02. The van der Waals surface area contributed by atoms with Gasteiger partial charge in [-0.3, -0.25) is 0 Å². The maximum Gasteiger partial charge on any atom is 0.0462 e. The molecule has 0 spiro atoms. The Balaban J connectivity index is 2.21. The molecule has 0 heterocycles. The topological polar surface area (TPSA) is 24.1 Å². The summed E-state index contributed by atoms with van der Waals surface area (Å²) in [5, 5.41) is 7.51. The highest BCUT2D eigenvalue weighted by Crippen LogP contribution is 2.20. The van der Waals surface area contributed by atoms with Crippen molar-refractivity contribution >= 4 is 27.5 Å². The van der Waals surface area contributed by atoms with Crippen LogP contribution in [0.5, 0.6) is 0 Å². The molecule has 0 bridgehead atoms. The standard InChI is InChI=1S/C12H18BrClN2/c1-2-5-15-6-7-16-9-10-3-4-11(13)8-12(10)14/h3-4,8,15-16H,2,5-7,9H2,1H3. The summed E-state index contributed by atoms with van der Waals surface area (Å²) in [5.74, 6) is 0. The SMILES string of the molecule is CCCNCCNCc1ccc(Br)cc1Cl. The molecule has 2 N–H and O–H groups in total. The maximum absolute atomic E-state index is 6.11. The van der Waals surface area contributed by atoms with Crippen LogP contribution < -0.4 is 10.6 Å². The summed E-state index contributed by atoms with van der Waals surface area (Å²) in [5.41, 5.74) is 1.14. The smallest absolute Gasteiger partial charge is 0.0462 e. The van der Waals surface area contributed by atoms with Gasteiger partial charge in [-0.05, 0) is 30.7 Å². The Morgan fingerprint density at radius 1 is 1.19 bits per heavy atom. The minimum Gasteiger partial charge on any atom is -0.315 e. The number of rotatable bonds is 7. The summed E-state index contributed by atoms with van der Waals surface area (Å²) in [6.07, 6.45) is 1.18. The number of halogens is 2. The Labute approximate surface area is 111 Å². The highest BCUT2D eigenvalue weighted by Gasteiger charge is 1.99. The highest BCUT2D eigenvalue weighted by atomic mass is 79.9. The Bertz CT molecular complexity index is 318. The van der Waals surface area contributed by atoms with Crippen molar-refractivity contribution in [3.8, 4) is 0 Å². The second-order valence-corrected chi connectivity index (χ2v) is 4.99. The second kappa shape index (κ2) is 8.07. The summed E-state index contributed by atoms with van der Waals surface area (Å²) in [6, 6.07) is 5.98. The van der Waals surface area contributed by atoms with E-state index in [0.29, 0.717) is 0 Å². The van der Waals surface area contributed by atoms with Crippen LogP contribution in [-0.4, -0.2) is 19.6 Å². The minimum absolute atomic E-state index is 0.809. The summed E-state index contributed by atoms with van der Waals surface area (Å²) in [4.78, 5) is 0. The third-order valence-electron chi connectivity index (χ3n) is 2.24. The molecule has 0 radical (unpaired) electrons. The van der Waals surface area contributed by atoms with E-state index in [1.54, 1.807) is 0 Å². The molecule has 16 heavy (non-hydrogen) atoms. The first-order valence-corrected chi connectivity index (χ1v) is 6.76. The van der Waals surface area contributed by atoms with Gasteiger partial charge in [0.2, 0.25) is 0 Å². The van der Waals surface area contributed by atoms with Gasteiger partial charge in [0.1, 0.15) is 0 Å². The van der Waals surface area contributed by atoms with Crippen LogP contribution in [-0.2, 0) is 6.54 Å². The van der Waals surface area contributed by atoms with Crippen LogP contribution in [0.4, 0.5) is 0 Å². The number of nitrogens with one attached hydrogen (secondary N) is 2. The zero-order valence-electron chi connectivity index (χ0n) is 9.52. The minimum atomic E-state index is 0.809. The van der Waals surface area contributed by atoms with Crippen molar-refractivity contribution in [2.24, 2.45) is 0 Å². The van der Waals surface area contributed by atoms with Crippen LogP contribution in [0.2, 0.25) is 5.02 Å². The lowest BCUT2D eigenvalue weighted by Gasteiger charge is -2.07. The molecule has 2 nitrogen and oxygen atoms in total. The van der Waals surface area contributed by atoms with E-state index in [1.165, 1.54) is 6.42 Å². The van der Waals surface area contributed by atoms with Gasteiger partial charge in [0, 0.05) is 29.1 Å². The van der Waals surface area contributed by atoms with Gasteiger partial charge in [0.15, 0.2) is 0 Å². The quantitative estimate of drug-likeness (QED) is 0.756. The van der Waals surface area contributed by atoms with Crippen molar-refractivity contribution in [3.63, 3.8) is 0 Å². The molecule has 0 aliphatic rings. The molecule has 1 aromatic carbocycles. The molecular formula is C12H18BrClN2. The number of hydrogen-bond acceptors (Lipinski definition) is 2. The normalized spacial score (nSPS) is 10.7. The molecule has 0 amide bonds. The Morgan fingerprint density at radius 2 is 1.94 bits per heavy atom. The zero-order valence-corrected chi connectivity index (χ0v) is 11.9. The predicted molar refractivity (Wildman–Crippen MR) is 74.0 cm³/mol. The van der Waals surface area contributed by atoms with E-state index in [0.717, 1.165) is 41.2 Å². The summed E-state index contributed by atoms with van der Waals surface area (Å²) in [6.45, 7) is 6.04. The molecule has 1 rings (SSSR count). The Hall–Kier alpha value is -0.0900. The first-order chi connectivity index (χ1) is 7.74. The van der Waals surface area contributed by atoms with Gasteiger partial charge in [-0.2, -0.15) is 0 Å². The molecule has 0 unspecified atom stereocenters. The van der Waals surface area contributed by atoms with Crippen LogP contribution >= 0.6 is 27.5 Å². The summed E-state index contributed by atoms with van der Waals surface area (Å²) >= 11 is 9.50. The van der Waals surface area contributed by atoms with Crippen molar-refractivity contribution in [1.82, 2.24) is 10.6 Å². The van der Waals surface area contributed by atoms with E-state index in [4.69, 9.17) is 11.6 Å². The van der Waals surface area contributed by atoms with Crippen molar-refractivity contribution in [3.05, 3.63) is 33.3 Å². The third-order valence-corrected chi connectivity index (χ3v) is 3.08. The molecule has 0 fully saturated rings. The van der Waals surface area contributed by atoms with Crippen LogP contribution in [0.15, 0.2) is 22.7 Å². The van der Waals surface area contributed by atoms with Crippen molar-refractivity contribution in [1.29, 1.82) is 0 Å². The molecule has 90 valence electrons. The van der Waals surface area contributed by atoms with Crippen LogP contribution in [0, 0.1) is 0 Å². The van der Waals surface area contributed by atoms with E-state index >= 15 is 0 Å². The van der Waals surface area contributed by atoms with Crippen molar-refractivity contribution in [2.75, 3.05) is 19.6 Å². The average Bonchev–Trinajstić information content (AvgIpc) is 2.26. The van der Waals surface area contributed by atoms with E-state index in [2.05, 4.69) is 33.5 Å². The fourth-order valence-electron chi connectivity index (χ4n) is 1.37. The Kier molecular flexibility index (Phi) is 7.05. The number of hydrogen-bond donors (Lipinski definition) is 2. The second-order valence-electron chi connectivity index (χ2n) is 3.66. The zero-order chi connectivity index (χ0) is 11.8.